The lowest BCUT2D eigenvalue weighted by Crippen LogP contribution is -1.91. The van der Waals surface area contributed by atoms with Crippen LogP contribution in [0.15, 0.2) is 21.1 Å². The van der Waals surface area contributed by atoms with Crippen molar-refractivity contribution in [2.24, 2.45) is 0 Å². The molecule has 2 aromatic carbocycles. The standard InChI is InChI=1S/C20H22Br2S/c1-5-11-9-15-16-10-12(6-2)18(22)14(8-4)20(16)23-19(15)13(7-3)17(11)21/h9-10H,5-8H2,1-4H3. The van der Waals surface area contributed by atoms with E-state index in [-0.39, 0.29) is 0 Å². The van der Waals surface area contributed by atoms with Gasteiger partial charge in [-0.25, -0.2) is 0 Å². The summed E-state index contributed by atoms with van der Waals surface area (Å²) in [5, 5.41) is 2.89. The van der Waals surface area contributed by atoms with Crippen LogP contribution in [-0.4, -0.2) is 0 Å². The van der Waals surface area contributed by atoms with Crippen molar-refractivity contribution >= 4 is 63.4 Å². The molecule has 0 aliphatic rings. The van der Waals surface area contributed by atoms with Gasteiger partial charge in [0.15, 0.2) is 0 Å². The minimum atomic E-state index is 1.07. The zero-order valence-electron chi connectivity index (χ0n) is 14.1. The molecule has 0 spiro atoms. The maximum absolute atomic E-state index is 3.86. The second-order valence-corrected chi connectivity index (χ2v) is 8.53. The molecule has 23 heavy (non-hydrogen) atoms. The number of hydrogen-bond donors (Lipinski definition) is 0. The Bertz CT molecular complexity index is 818. The van der Waals surface area contributed by atoms with Crippen molar-refractivity contribution in [2.45, 2.75) is 53.4 Å². The molecule has 0 aliphatic heterocycles. The molecule has 3 heteroatoms. The van der Waals surface area contributed by atoms with Gasteiger partial charge in [0.25, 0.3) is 0 Å². The zero-order valence-corrected chi connectivity index (χ0v) is 18.1. The highest BCUT2D eigenvalue weighted by atomic mass is 79.9. The third-order valence-electron chi connectivity index (χ3n) is 4.73. The van der Waals surface area contributed by atoms with E-state index in [0.717, 1.165) is 25.7 Å². The number of aryl methyl sites for hydroxylation is 4. The molecule has 0 saturated heterocycles. The lowest BCUT2D eigenvalue weighted by atomic mass is 9.98. The van der Waals surface area contributed by atoms with Gasteiger partial charge in [0, 0.05) is 29.1 Å². The van der Waals surface area contributed by atoms with Crippen LogP contribution in [0.25, 0.3) is 20.2 Å². The highest BCUT2D eigenvalue weighted by Gasteiger charge is 2.18. The van der Waals surface area contributed by atoms with Gasteiger partial charge < -0.3 is 0 Å². The molecule has 0 nitrogen and oxygen atoms in total. The highest BCUT2D eigenvalue weighted by molar-refractivity contribution is 9.11. The highest BCUT2D eigenvalue weighted by Crippen LogP contribution is 2.44. The van der Waals surface area contributed by atoms with E-state index in [0.29, 0.717) is 0 Å². The average Bonchev–Trinajstić information content (AvgIpc) is 2.91. The van der Waals surface area contributed by atoms with Gasteiger partial charge in [0.1, 0.15) is 0 Å². The molecule has 1 heterocycles. The Balaban J connectivity index is 2.53. The molecule has 0 amide bonds. The second-order valence-electron chi connectivity index (χ2n) is 5.93. The monoisotopic (exact) mass is 452 g/mol. The van der Waals surface area contributed by atoms with Crippen LogP contribution in [0, 0.1) is 0 Å². The fourth-order valence-corrected chi connectivity index (χ4v) is 6.91. The molecule has 0 bridgehead atoms. The summed E-state index contributed by atoms with van der Waals surface area (Å²) in [6.45, 7) is 9.01. The predicted octanol–water partition coefficient (Wildman–Crippen LogP) is 7.83. The number of rotatable bonds is 4. The molecule has 3 aromatic rings. The van der Waals surface area contributed by atoms with Gasteiger partial charge in [-0.3, -0.25) is 0 Å². The minimum absolute atomic E-state index is 1.07. The molecule has 0 fully saturated rings. The van der Waals surface area contributed by atoms with Crippen molar-refractivity contribution in [1.29, 1.82) is 0 Å². The fourth-order valence-electron chi connectivity index (χ4n) is 3.40. The van der Waals surface area contributed by atoms with Crippen molar-refractivity contribution in [3.8, 4) is 0 Å². The van der Waals surface area contributed by atoms with Gasteiger partial charge in [-0.1, -0.05) is 59.6 Å². The zero-order chi connectivity index (χ0) is 16.7. The summed E-state index contributed by atoms with van der Waals surface area (Å²) >= 11 is 9.68. The molecule has 0 aliphatic carbocycles. The Morgan fingerprint density at radius 1 is 0.696 bits per heavy atom. The third-order valence-corrected chi connectivity index (χ3v) is 8.05. The number of hydrogen-bond acceptors (Lipinski definition) is 1. The second kappa shape index (κ2) is 6.85. The summed E-state index contributed by atoms with van der Waals surface area (Å²) in [5.41, 5.74) is 5.79. The Kier molecular flexibility index (Phi) is 5.20. The Labute approximate surface area is 159 Å². The van der Waals surface area contributed by atoms with E-state index in [4.69, 9.17) is 0 Å². The molecule has 0 atom stereocenters. The van der Waals surface area contributed by atoms with Crippen LogP contribution in [0.2, 0.25) is 0 Å². The largest absolute Gasteiger partial charge is 0.135 e. The SMILES string of the molecule is CCc1cc2c(sc3c(CC)c(Br)c(CC)cc32)c(CC)c1Br. The summed E-state index contributed by atoms with van der Waals surface area (Å²) in [5.74, 6) is 0. The van der Waals surface area contributed by atoms with Crippen molar-refractivity contribution in [3.05, 3.63) is 43.3 Å². The topological polar surface area (TPSA) is 0 Å². The van der Waals surface area contributed by atoms with Gasteiger partial charge in [-0.15, -0.1) is 11.3 Å². The van der Waals surface area contributed by atoms with Crippen LogP contribution in [0.1, 0.15) is 49.9 Å². The summed E-state index contributed by atoms with van der Waals surface area (Å²) in [6, 6.07) is 4.81. The molecule has 122 valence electrons. The van der Waals surface area contributed by atoms with E-state index < -0.39 is 0 Å². The molecule has 0 unspecified atom stereocenters. The fraction of sp³-hybridized carbons (Fsp3) is 0.400. The van der Waals surface area contributed by atoms with E-state index in [1.807, 2.05) is 11.3 Å². The van der Waals surface area contributed by atoms with E-state index in [1.165, 1.54) is 51.4 Å². The van der Waals surface area contributed by atoms with E-state index in [1.54, 1.807) is 0 Å². The van der Waals surface area contributed by atoms with Gasteiger partial charge in [-0.2, -0.15) is 0 Å². The van der Waals surface area contributed by atoms with Crippen LogP contribution in [0.4, 0.5) is 0 Å². The predicted molar refractivity (Wildman–Crippen MR) is 112 cm³/mol. The van der Waals surface area contributed by atoms with Crippen molar-refractivity contribution in [1.82, 2.24) is 0 Å². The Morgan fingerprint density at radius 3 is 1.39 bits per heavy atom. The van der Waals surface area contributed by atoms with Crippen molar-refractivity contribution in [2.75, 3.05) is 0 Å². The lowest BCUT2D eigenvalue weighted by molar-refractivity contribution is 1.08. The first-order chi connectivity index (χ1) is 11.1. The van der Waals surface area contributed by atoms with Gasteiger partial charge in [0.2, 0.25) is 0 Å². The van der Waals surface area contributed by atoms with Crippen LogP contribution in [-0.2, 0) is 25.7 Å². The Morgan fingerprint density at radius 2 is 1.09 bits per heavy atom. The molecule has 0 N–H and O–H groups in total. The molecule has 1 aromatic heterocycles. The quantitative estimate of drug-likeness (QED) is 0.377. The first-order valence-electron chi connectivity index (χ1n) is 8.43. The smallest absolute Gasteiger partial charge is 0.0398 e. The molecular weight excluding hydrogens is 432 g/mol. The van der Waals surface area contributed by atoms with Gasteiger partial charge >= 0.3 is 0 Å². The molecular formula is C20H22Br2S. The molecule has 0 saturated carbocycles. The van der Waals surface area contributed by atoms with Crippen molar-refractivity contribution in [3.63, 3.8) is 0 Å². The summed E-state index contributed by atoms with van der Waals surface area (Å²) in [4.78, 5) is 0. The number of fused-ring (bicyclic) bond motifs is 3. The van der Waals surface area contributed by atoms with E-state index in [9.17, 15) is 0 Å². The van der Waals surface area contributed by atoms with Gasteiger partial charge in [-0.05, 0) is 60.1 Å². The van der Waals surface area contributed by atoms with Crippen molar-refractivity contribution < 1.29 is 0 Å². The average molecular weight is 454 g/mol. The molecule has 3 rings (SSSR count). The maximum atomic E-state index is 3.86. The van der Waals surface area contributed by atoms with E-state index >= 15 is 0 Å². The summed E-state index contributed by atoms with van der Waals surface area (Å²) in [7, 11) is 0. The van der Waals surface area contributed by atoms with Gasteiger partial charge in [0.05, 0.1) is 0 Å². The summed E-state index contributed by atoms with van der Waals surface area (Å²) in [6.07, 6.45) is 4.28. The third kappa shape index (κ3) is 2.69. The number of thiophene rings is 1. The van der Waals surface area contributed by atoms with Crippen LogP contribution in [0.3, 0.4) is 0 Å². The first kappa shape index (κ1) is 17.4. The van der Waals surface area contributed by atoms with Crippen LogP contribution in [0.5, 0.6) is 0 Å². The normalized spacial score (nSPS) is 11.7. The minimum Gasteiger partial charge on any atom is -0.135 e. The lowest BCUT2D eigenvalue weighted by Gasteiger charge is -2.10. The van der Waals surface area contributed by atoms with Crippen LogP contribution < -0.4 is 0 Å². The Hall–Kier alpha value is -0.380. The first-order valence-corrected chi connectivity index (χ1v) is 10.8. The maximum Gasteiger partial charge on any atom is 0.0398 e. The van der Waals surface area contributed by atoms with E-state index in [2.05, 4.69) is 71.7 Å². The molecule has 0 radical (unpaired) electrons. The number of benzene rings is 2. The summed E-state index contributed by atoms with van der Waals surface area (Å²) < 4.78 is 5.55. The van der Waals surface area contributed by atoms with Crippen LogP contribution >= 0.6 is 43.2 Å². The number of halogens is 2.